The van der Waals surface area contributed by atoms with Crippen LogP contribution in [-0.2, 0) is 5.41 Å². The molecule has 1 aromatic heterocycles. The van der Waals surface area contributed by atoms with Gasteiger partial charge in [0.2, 0.25) is 0 Å². The summed E-state index contributed by atoms with van der Waals surface area (Å²) in [6.07, 6.45) is 3.78. The third-order valence-electron chi connectivity index (χ3n) is 10.1. The number of anilines is 3. The lowest BCUT2D eigenvalue weighted by Crippen LogP contribution is -2.28. The smallest absolute Gasteiger partial charge is 0.0714 e. The van der Waals surface area contributed by atoms with Gasteiger partial charge in [0.25, 0.3) is 0 Å². The molecule has 0 fully saturated rings. The fourth-order valence-corrected chi connectivity index (χ4v) is 7.87. The molecule has 0 N–H and O–H groups in total. The van der Waals surface area contributed by atoms with Crippen LogP contribution < -0.4 is 4.90 Å². The predicted molar refractivity (Wildman–Crippen MR) is 207 cm³/mol. The highest BCUT2D eigenvalue weighted by molar-refractivity contribution is 5.92. The number of aromatic nitrogens is 1. The standard InChI is InChI=1S/C48H34N2/c1-4-15-35(16-5-1)36-26-28-40(29-27-36)50(47-25-13-11-22-42(47)37-17-14-32-49-34-37)41-30-31-44-43-23-10-12-24-45(43)48(46(44)33-41,38-18-6-2-7-19-38)39-20-8-3-9-21-39/h1-34H. The number of benzene rings is 7. The van der Waals surface area contributed by atoms with E-state index in [1.54, 1.807) is 0 Å². The average Bonchev–Trinajstić information content (AvgIpc) is 3.50. The maximum Gasteiger partial charge on any atom is 0.0714 e. The summed E-state index contributed by atoms with van der Waals surface area (Å²) in [5.74, 6) is 0. The number of rotatable bonds is 7. The highest BCUT2D eigenvalue weighted by atomic mass is 15.1. The van der Waals surface area contributed by atoms with Crippen LogP contribution in [0.15, 0.2) is 207 Å². The fourth-order valence-electron chi connectivity index (χ4n) is 7.87. The topological polar surface area (TPSA) is 16.1 Å². The van der Waals surface area contributed by atoms with Crippen molar-refractivity contribution in [3.8, 4) is 33.4 Å². The van der Waals surface area contributed by atoms with Crippen LogP contribution in [-0.4, -0.2) is 4.98 Å². The zero-order chi connectivity index (χ0) is 33.3. The lowest BCUT2D eigenvalue weighted by molar-refractivity contribution is 0.768. The van der Waals surface area contributed by atoms with E-state index in [0.717, 1.165) is 28.2 Å². The SMILES string of the molecule is c1ccc(-c2ccc(N(c3ccc4c(c3)C(c3ccccc3)(c3ccccc3)c3ccccc3-4)c3ccccc3-c3cccnc3)cc2)cc1. The molecule has 0 saturated heterocycles. The first-order chi connectivity index (χ1) is 24.8. The Morgan fingerprint density at radius 3 is 1.60 bits per heavy atom. The van der Waals surface area contributed by atoms with Gasteiger partial charge >= 0.3 is 0 Å². The molecule has 1 aliphatic carbocycles. The Labute approximate surface area is 293 Å². The molecule has 236 valence electrons. The Balaban J connectivity index is 1.31. The molecule has 50 heavy (non-hydrogen) atoms. The number of pyridine rings is 1. The van der Waals surface area contributed by atoms with Crippen LogP contribution in [0.3, 0.4) is 0 Å². The molecule has 0 saturated carbocycles. The largest absolute Gasteiger partial charge is 0.310 e. The zero-order valence-corrected chi connectivity index (χ0v) is 27.5. The molecular weight excluding hydrogens is 605 g/mol. The first-order valence-electron chi connectivity index (χ1n) is 17.1. The summed E-state index contributed by atoms with van der Waals surface area (Å²) in [5.41, 5.74) is 15.0. The second-order valence-electron chi connectivity index (χ2n) is 12.8. The van der Waals surface area contributed by atoms with Crippen molar-refractivity contribution in [3.05, 3.63) is 229 Å². The number of hydrogen-bond acceptors (Lipinski definition) is 2. The second kappa shape index (κ2) is 12.5. The highest BCUT2D eigenvalue weighted by Crippen LogP contribution is 2.57. The van der Waals surface area contributed by atoms with Crippen molar-refractivity contribution < 1.29 is 0 Å². The van der Waals surface area contributed by atoms with Crippen LogP contribution in [0, 0.1) is 0 Å². The molecule has 0 unspecified atom stereocenters. The van der Waals surface area contributed by atoms with E-state index in [2.05, 4.69) is 198 Å². The molecule has 2 heteroatoms. The van der Waals surface area contributed by atoms with E-state index in [1.807, 2.05) is 18.5 Å². The summed E-state index contributed by atoms with van der Waals surface area (Å²) >= 11 is 0. The molecule has 8 aromatic rings. The van der Waals surface area contributed by atoms with Crippen LogP contribution in [0.1, 0.15) is 22.3 Å². The molecule has 0 atom stereocenters. The molecule has 0 radical (unpaired) electrons. The van der Waals surface area contributed by atoms with E-state index in [-0.39, 0.29) is 0 Å². The minimum atomic E-state index is -0.490. The lowest BCUT2D eigenvalue weighted by atomic mass is 9.67. The summed E-state index contributed by atoms with van der Waals surface area (Å²) in [7, 11) is 0. The molecule has 0 aliphatic heterocycles. The Morgan fingerprint density at radius 1 is 0.380 bits per heavy atom. The number of para-hydroxylation sites is 1. The summed E-state index contributed by atoms with van der Waals surface area (Å²) in [6.45, 7) is 0. The molecule has 2 nitrogen and oxygen atoms in total. The lowest BCUT2D eigenvalue weighted by Gasteiger charge is -2.35. The quantitative estimate of drug-likeness (QED) is 0.173. The van der Waals surface area contributed by atoms with E-state index in [9.17, 15) is 0 Å². The van der Waals surface area contributed by atoms with Crippen molar-refractivity contribution in [2.75, 3.05) is 4.90 Å². The third-order valence-corrected chi connectivity index (χ3v) is 10.1. The first-order valence-corrected chi connectivity index (χ1v) is 17.1. The van der Waals surface area contributed by atoms with Gasteiger partial charge in [-0.05, 0) is 80.9 Å². The number of hydrogen-bond donors (Lipinski definition) is 0. The van der Waals surface area contributed by atoms with Crippen LogP contribution in [0.4, 0.5) is 17.1 Å². The van der Waals surface area contributed by atoms with Gasteiger partial charge in [-0.2, -0.15) is 0 Å². The Bertz CT molecular complexity index is 2360. The summed E-state index contributed by atoms with van der Waals surface area (Å²) in [4.78, 5) is 6.89. The Kier molecular flexibility index (Phi) is 7.40. The van der Waals surface area contributed by atoms with Gasteiger partial charge < -0.3 is 4.90 Å². The normalized spacial score (nSPS) is 12.6. The van der Waals surface area contributed by atoms with E-state index in [4.69, 9.17) is 0 Å². The summed E-state index contributed by atoms with van der Waals surface area (Å²) < 4.78 is 0. The van der Waals surface area contributed by atoms with Crippen LogP contribution in [0.5, 0.6) is 0 Å². The average molecular weight is 639 g/mol. The highest BCUT2D eigenvalue weighted by Gasteiger charge is 2.46. The Hall–Kier alpha value is -6.51. The third kappa shape index (κ3) is 4.84. The minimum Gasteiger partial charge on any atom is -0.310 e. The van der Waals surface area contributed by atoms with Gasteiger partial charge in [0.15, 0.2) is 0 Å². The Morgan fingerprint density at radius 2 is 0.920 bits per heavy atom. The van der Waals surface area contributed by atoms with Crippen LogP contribution in [0.25, 0.3) is 33.4 Å². The molecule has 0 spiro atoms. The second-order valence-corrected chi connectivity index (χ2v) is 12.8. The van der Waals surface area contributed by atoms with Gasteiger partial charge in [-0.15, -0.1) is 0 Å². The number of fused-ring (bicyclic) bond motifs is 3. The molecule has 9 rings (SSSR count). The van der Waals surface area contributed by atoms with Crippen LogP contribution >= 0.6 is 0 Å². The van der Waals surface area contributed by atoms with Gasteiger partial charge in [0.1, 0.15) is 0 Å². The molecular formula is C48H34N2. The molecule has 7 aromatic carbocycles. The van der Waals surface area contributed by atoms with E-state index < -0.39 is 5.41 Å². The van der Waals surface area contributed by atoms with Crippen LogP contribution in [0.2, 0.25) is 0 Å². The van der Waals surface area contributed by atoms with Gasteiger partial charge in [-0.1, -0.05) is 158 Å². The van der Waals surface area contributed by atoms with Gasteiger partial charge in [-0.3, -0.25) is 4.98 Å². The van der Waals surface area contributed by atoms with Crippen molar-refractivity contribution in [2.45, 2.75) is 5.41 Å². The van der Waals surface area contributed by atoms with E-state index in [1.165, 1.54) is 44.5 Å². The van der Waals surface area contributed by atoms with Gasteiger partial charge in [-0.25, -0.2) is 0 Å². The maximum absolute atomic E-state index is 4.49. The van der Waals surface area contributed by atoms with Gasteiger partial charge in [0.05, 0.1) is 11.1 Å². The molecule has 1 heterocycles. The summed E-state index contributed by atoms with van der Waals surface area (Å²) in [6, 6.07) is 70.3. The zero-order valence-electron chi connectivity index (χ0n) is 27.5. The summed E-state index contributed by atoms with van der Waals surface area (Å²) in [5, 5.41) is 0. The fraction of sp³-hybridized carbons (Fsp3) is 0.0208. The minimum absolute atomic E-state index is 0.490. The van der Waals surface area contributed by atoms with Gasteiger partial charge in [0, 0.05) is 34.9 Å². The van der Waals surface area contributed by atoms with Crippen molar-refractivity contribution in [1.29, 1.82) is 0 Å². The van der Waals surface area contributed by atoms with Crippen molar-refractivity contribution >= 4 is 17.1 Å². The van der Waals surface area contributed by atoms with Crippen molar-refractivity contribution in [3.63, 3.8) is 0 Å². The maximum atomic E-state index is 4.49. The monoisotopic (exact) mass is 638 g/mol. The number of nitrogens with zero attached hydrogens (tertiary/aromatic N) is 2. The molecule has 0 amide bonds. The first kappa shape index (κ1) is 29.6. The predicted octanol–water partition coefficient (Wildman–Crippen LogP) is 12.2. The molecule has 1 aliphatic rings. The molecule has 0 bridgehead atoms. The van der Waals surface area contributed by atoms with E-state index in [0.29, 0.717) is 0 Å². The van der Waals surface area contributed by atoms with Crippen molar-refractivity contribution in [1.82, 2.24) is 4.98 Å². The van der Waals surface area contributed by atoms with E-state index >= 15 is 0 Å². The van der Waals surface area contributed by atoms with Crippen molar-refractivity contribution in [2.24, 2.45) is 0 Å².